The number of ether oxygens (including phenoxy) is 1. The summed E-state index contributed by atoms with van der Waals surface area (Å²) in [5.41, 5.74) is 1.41. The number of amides is 1. The Morgan fingerprint density at radius 3 is 2.62 bits per heavy atom. The fourth-order valence-corrected chi connectivity index (χ4v) is 2.94. The van der Waals surface area contributed by atoms with E-state index in [2.05, 4.69) is 0 Å². The summed E-state index contributed by atoms with van der Waals surface area (Å²) in [6, 6.07) is 5.35. The summed E-state index contributed by atoms with van der Waals surface area (Å²) in [5, 5.41) is 0.522. The van der Waals surface area contributed by atoms with E-state index >= 15 is 0 Å². The number of hydrogen-bond acceptors (Lipinski definition) is 3. The number of esters is 1. The van der Waals surface area contributed by atoms with Crippen LogP contribution in [0.4, 0.5) is 0 Å². The molecular weight excluding hydrogens is 290 g/mol. The van der Waals surface area contributed by atoms with Crippen LogP contribution in [0.3, 0.4) is 0 Å². The van der Waals surface area contributed by atoms with Gasteiger partial charge in [-0.25, -0.2) is 0 Å². The first-order valence-corrected chi connectivity index (χ1v) is 7.54. The molecule has 0 saturated heterocycles. The van der Waals surface area contributed by atoms with Gasteiger partial charge in [-0.2, -0.15) is 0 Å². The minimum absolute atomic E-state index is 0.00798. The Labute approximate surface area is 130 Å². The summed E-state index contributed by atoms with van der Waals surface area (Å²) in [6.45, 7) is 1.86. The molecule has 0 aromatic heterocycles. The lowest BCUT2D eigenvalue weighted by Gasteiger charge is -2.28. The van der Waals surface area contributed by atoms with Gasteiger partial charge in [0.2, 0.25) is 0 Å². The molecule has 1 fully saturated rings. The van der Waals surface area contributed by atoms with Crippen LogP contribution < -0.4 is 0 Å². The van der Waals surface area contributed by atoms with Crippen LogP contribution in [0.2, 0.25) is 5.02 Å². The van der Waals surface area contributed by atoms with Crippen LogP contribution in [0.1, 0.15) is 41.6 Å². The van der Waals surface area contributed by atoms with Crippen LogP contribution >= 0.6 is 11.6 Å². The van der Waals surface area contributed by atoms with E-state index in [0.717, 1.165) is 31.2 Å². The maximum absolute atomic E-state index is 12.8. The van der Waals surface area contributed by atoms with Crippen LogP contribution in [0.5, 0.6) is 0 Å². The van der Waals surface area contributed by atoms with Crippen molar-refractivity contribution in [2.24, 2.45) is 0 Å². The molecular formula is C16H20ClNO3. The van der Waals surface area contributed by atoms with Gasteiger partial charge < -0.3 is 9.64 Å². The maximum atomic E-state index is 12.8. The van der Waals surface area contributed by atoms with Crippen molar-refractivity contribution in [3.63, 3.8) is 0 Å². The summed E-state index contributed by atoms with van der Waals surface area (Å²) >= 11 is 6.00. The maximum Gasteiger partial charge on any atom is 0.325 e. The van der Waals surface area contributed by atoms with Crippen LogP contribution in [0, 0.1) is 6.92 Å². The standard InChI is InChI=1S/C16H20ClNO3/c1-11-7-8-12(17)9-14(11)16(20)18(10-15(19)21-2)13-5-3-4-6-13/h7-9,13H,3-6,10H2,1-2H3. The largest absolute Gasteiger partial charge is 0.468 e. The van der Waals surface area contributed by atoms with Crippen molar-refractivity contribution in [2.45, 2.75) is 38.6 Å². The minimum atomic E-state index is -0.394. The fraction of sp³-hybridized carbons (Fsp3) is 0.500. The summed E-state index contributed by atoms with van der Waals surface area (Å²) in [5.74, 6) is -0.540. The predicted octanol–water partition coefficient (Wildman–Crippen LogP) is 3.21. The Morgan fingerprint density at radius 1 is 1.33 bits per heavy atom. The molecule has 1 aromatic carbocycles. The first kappa shape index (κ1) is 15.8. The molecule has 4 nitrogen and oxygen atoms in total. The molecule has 0 unspecified atom stereocenters. The third kappa shape index (κ3) is 3.76. The van der Waals surface area contributed by atoms with Gasteiger partial charge in [0.05, 0.1) is 7.11 Å². The molecule has 0 radical (unpaired) electrons. The van der Waals surface area contributed by atoms with Crippen LogP contribution in [-0.4, -0.2) is 36.5 Å². The molecule has 0 aliphatic heterocycles. The van der Waals surface area contributed by atoms with Crippen molar-refractivity contribution in [3.05, 3.63) is 34.3 Å². The first-order valence-electron chi connectivity index (χ1n) is 7.17. The van der Waals surface area contributed by atoms with E-state index in [1.165, 1.54) is 7.11 Å². The Bertz CT molecular complexity index is 538. The van der Waals surface area contributed by atoms with Gasteiger partial charge in [0, 0.05) is 16.6 Å². The quantitative estimate of drug-likeness (QED) is 0.802. The van der Waals surface area contributed by atoms with Gasteiger partial charge in [-0.15, -0.1) is 0 Å². The second-order valence-corrected chi connectivity index (χ2v) is 5.84. The number of hydrogen-bond donors (Lipinski definition) is 0. The number of aryl methyl sites for hydroxylation is 1. The van der Waals surface area contributed by atoms with Gasteiger partial charge in [0.25, 0.3) is 5.91 Å². The van der Waals surface area contributed by atoms with Gasteiger partial charge in [0.1, 0.15) is 6.54 Å². The Hall–Kier alpha value is -1.55. The average Bonchev–Trinajstić information content (AvgIpc) is 3.00. The van der Waals surface area contributed by atoms with E-state index in [0.29, 0.717) is 10.6 Å². The van der Waals surface area contributed by atoms with Crippen LogP contribution in [0.15, 0.2) is 18.2 Å². The van der Waals surface area contributed by atoms with Crippen molar-refractivity contribution in [3.8, 4) is 0 Å². The van der Waals surface area contributed by atoms with Crippen molar-refractivity contribution in [1.29, 1.82) is 0 Å². The molecule has 0 atom stereocenters. The normalized spacial score (nSPS) is 15.0. The van der Waals surface area contributed by atoms with Crippen LogP contribution in [0.25, 0.3) is 0 Å². The second-order valence-electron chi connectivity index (χ2n) is 5.41. The smallest absolute Gasteiger partial charge is 0.325 e. The van der Waals surface area contributed by atoms with E-state index in [1.54, 1.807) is 17.0 Å². The van der Waals surface area contributed by atoms with Gasteiger partial charge in [-0.05, 0) is 37.5 Å². The molecule has 0 N–H and O–H groups in total. The summed E-state index contributed by atoms with van der Waals surface area (Å²) < 4.78 is 4.72. The van der Waals surface area contributed by atoms with Gasteiger partial charge in [-0.3, -0.25) is 9.59 Å². The van der Waals surface area contributed by atoms with Crippen molar-refractivity contribution < 1.29 is 14.3 Å². The second kappa shape index (κ2) is 6.94. The van der Waals surface area contributed by atoms with Crippen molar-refractivity contribution >= 4 is 23.5 Å². The zero-order chi connectivity index (χ0) is 15.4. The lowest BCUT2D eigenvalue weighted by Crippen LogP contribution is -2.42. The fourth-order valence-electron chi connectivity index (χ4n) is 2.77. The highest BCUT2D eigenvalue weighted by Crippen LogP contribution is 2.26. The zero-order valence-corrected chi connectivity index (χ0v) is 13.2. The Balaban J connectivity index is 2.28. The molecule has 0 heterocycles. The zero-order valence-electron chi connectivity index (χ0n) is 12.4. The molecule has 0 bridgehead atoms. The Morgan fingerprint density at radius 2 is 2.00 bits per heavy atom. The molecule has 5 heteroatoms. The van der Waals surface area contributed by atoms with E-state index in [4.69, 9.17) is 16.3 Å². The lowest BCUT2D eigenvalue weighted by molar-refractivity contribution is -0.141. The highest BCUT2D eigenvalue weighted by Gasteiger charge is 2.30. The molecule has 1 amide bonds. The monoisotopic (exact) mass is 309 g/mol. The highest BCUT2D eigenvalue weighted by atomic mass is 35.5. The molecule has 1 aliphatic carbocycles. The molecule has 0 spiro atoms. The van der Waals surface area contributed by atoms with Gasteiger partial charge in [0.15, 0.2) is 0 Å². The Kier molecular flexibility index (Phi) is 5.23. The molecule has 2 rings (SSSR count). The van der Waals surface area contributed by atoms with E-state index in [9.17, 15) is 9.59 Å². The molecule has 114 valence electrons. The number of methoxy groups -OCH3 is 1. The number of rotatable bonds is 4. The topological polar surface area (TPSA) is 46.6 Å². The number of carbonyl (C=O) groups is 2. The van der Waals surface area contributed by atoms with E-state index < -0.39 is 5.97 Å². The number of nitrogens with zero attached hydrogens (tertiary/aromatic N) is 1. The van der Waals surface area contributed by atoms with E-state index in [1.807, 2.05) is 13.0 Å². The number of carbonyl (C=O) groups excluding carboxylic acids is 2. The van der Waals surface area contributed by atoms with Gasteiger partial charge >= 0.3 is 5.97 Å². The molecule has 21 heavy (non-hydrogen) atoms. The van der Waals surface area contributed by atoms with Crippen molar-refractivity contribution in [2.75, 3.05) is 13.7 Å². The first-order chi connectivity index (χ1) is 10.0. The summed E-state index contributed by atoms with van der Waals surface area (Å²) in [4.78, 5) is 26.1. The molecule has 1 aromatic rings. The third-order valence-electron chi connectivity index (χ3n) is 3.98. The van der Waals surface area contributed by atoms with Gasteiger partial charge in [-0.1, -0.05) is 30.5 Å². The molecule has 1 saturated carbocycles. The van der Waals surface area contributed by atoms with E-state index in [-0.39, 0.29) is 18.5 Å². The number of halogens is 1. The summed E-state index contributed by atoms with van der Waals surface area (Å²) in [6.07, 6.45) is 4.04. The number of benzene rings is 1. The third-order valence-corrected chi connectivity index (χ3v) is 4.22. The highest BCUT2D eigenvalue weighted by molar-refractivity contribution is 6.31. The molecule has 1 aliphatic rings. The SMILES string of the molecule is COC(=O)CN(C(=O)c1cc(Cl)ccc1C)C1CCCC1. The van der Waals surface area contributed by atoms with Crippen LogP contribution in [-0.2, 0) is 9.53 Å². The lowest BCUT2D eigenvalue weighted by atomic mass is 10.1. The summed E-state index contributed by atoms with van der Waals surface area (Å²) in [7, 11) is 1.34. The minimum Gasteiger partial charge on any atom is -0.468 e. The predicted molar refractivity (Wildman–Crippen MR) is 81.5 cm³/mol. The van der Waals surface area contributed by atoms with Crippen molar-refractivity contribution in [1.82, 2.24) is 4.90 Å². The average molecular weight is 310 g/mol.